The van der Waals surface area contributed by atoms with E-state index in [9.17, 15) is 9.90 Å². The number of aliphatic hydroxyl groups excluding tert-OH is 1. The van der Waals surface area contributed by atoms with E-state index in [-0.39, 0.29) is 23.8 Å². The molecule has 0 aliphatic carbocycles. The van der Waals surface area contributed by atoms with Gasteiger partial charge in [0, 0.05) is 0 Å². The number of imidazole rings is 1. The lowest BCUT2D eigenvalue weighted by molar-refractivity contribution is -0.0355. The van der Waals surface area contributed by atoms with Gasteiger partial charge in [-0.15, -0.1) is 0 Å². The van der Waals surface area contributed by atoms with E-state index in [1.165, 1.54) is 24.0 Å². The van der Waals surface area contributed by atoms with Gasteiger partial charge in [0.2, 0.25) is 0 Å². The number of esters is 1. The number of rotatable bonds is 4. The second-order valence-electron chi connectivity index (χ2n) is 6.68. The van der Waals surface area contributed by atoms with Crippen molar-refractivity contribution in [3.63, 3.8) is 0 Å². The van der Waals surface area contributed by atoms with Gasteiger partial charge in [-0.1, -0.05) is 18.2 Å². The van der Waals surface area contributed by atoms with Gasteiger partial charge in [0.15, 0.2) is 17.1 Å². The lowest BCUT2D eigenvalue weighted by Crippen LogP contribution is -2.40. The number of alkyl halides is 1. The van der Waals surface area contributed by atoms with Crippen LogP contribution in [0.5, 0.6) is 0 Å². The van der Waals surface area contributed by atoms with E-state index in [4.69, 9.17) is 15.2 Å². The van der Waals surface area contributed by atoms with Crippen molar-refractivity contribution in [2.24, 2.45) is 0 Å². The number of ether oxygens (including phenoxy) is 2. The van der Waals surface area contributed by atoms with Gasteiger partial charge in [0.1, 0.15) is 31.2 Å². The molecule has 10 heteroatoms. The number of carbonyl (C=O) groups excluding carboxylic acids is 1. The number of hydrogen-bond donors (Lipinski definition) is 2. The number of aromatic nitrogens is 4. The Morgan fingerprint density at radius 1 is 1.39 bits per heavy atom. The highest BCUT2D eigenvalue weighted by molar-refractivity contribution is 5.89. The smallest absolute Gasteiger partial charge is 0.338 e. The second kappa shape index (κ2) is 6.80. The third-order valence-corrected chi connectivity index (χ3v) is 4.77. The van der Waals surface area contributed by atoms with Gasteiger partial charge in [0.25, 0.3) is 0 Å². The Morgan fingerprint density at radius 3 is 2.89 bits per heavy atom. The van der Waals surface area contributed by atoms with Gasteiger partial charge in [-0.25, -0.2) is 23.7 Å². The van der Waals surface area contributed by atoms with E-state index >= 15 is 4.39 Å². The Labute approximate surface area is 158 Å². The third-order valence-electron chi connectivity index (χ3n) is 4.77. The zero-order valence-corrected chi connectivity index (χ0v) is 14.9. The SMILES string of the molecule is C[C@@]1(F)[C@H](O)[C@@H](COC(=O)c2ccccc2)O[C@H]1c1cnc2c(N)ncnn12. The number of benzene rings is 1. The molecule has 146 valence electrons. The minimum atomic E-state index is -2.17. The molecule has 0 saturated carbocycles. The average molecular weight is 387 g/mol. The van der Waals surface area contributed by atoms with Gasteiger partial charge in [0.05, 0.1) is 17.5 Å². The molecule has 4 atom stereocenters. The fraction of sp³-hybridized carbons (Fsp3) is 0.333. The van der Waals surface area contributed by atoms with Crippen LogP contribution in [0, 0.1) is 0 Å². The highest BCUT2D eigenvalue weighted by Crippen LogP contribution is 2.44. The molecule has 9 nitrogen and oxygen atoms in total. The number of nitrogens with zero attached hydrogens (tertiary/aromatic N) is 4. The summed E-state index contributed by atoms with van der Waals surface area (Å²) in [7, 11) is 0. The number of anilines is 1. The van der Waals surface area contributed by atoms with E-state index < -0.39 is 29.9 Å². The Hall–Kier alpha value is -3.11. The van der Waals surface area contributed by atoms with E-state index in [0.29, 0.717) is 5.56 Å². The van der Waals surface area contributed by atoms with Gasteiger partial charge < -0.3 is 20.3 Å². The topological polar surface area (TPSA) is 125 Å². The Morgan fingerprint density at radius 2 is 2.14 bits per heavy atom. The molecule has 3 aromatic rings. The number of carbonyl (C=O) groups is 1. The van der Waals surface area contributed by atoms with Crippen LogP contribution in [0.15, 0.2) is 42.9 Å². The molecule has 1 aliphatic rings. The van der Waals surface area contributed by atoms with Crippen molar-refractivity contribution < 1.29 is 23.8 Å². The highest BCUT2D eigenvalue weighted by atomic mass is 19.1. The molecule has 0 amide bonds. The molecule has 2 aromatic heterocycles. The van der Waals surface area contributed by atoms with Crippen LogP contribution in [-0.4, -0.2) is 55.1 Å². The first-order valence-corrected chi connectivity index (χ1v) is 8.58. The summed E-state index contributed by atoms with van der Waals surface area (Å²) in [6.45, 7) is 0.907. The molecule has 3 heterocycles. The number of nitrogens with two attached hydrogens (primary N) is 1. The third kappa shape index (κ3) is 2.96. The standard InChI is InChI=1S/C18H18FN5O4/c1-18(19)13(25)12(8-27-17(26)10-5-3-2-4-6-10)28-14(18)11-7-21-16-15(20)22-9-23-24(11)16/h2-7,9,12-14,25H,8H2,1H3,(H2,20,22,23)/t12-,13-,14+,18-/m1/s1. The van der Waals surface area contributed by atoms with Crippen LogP contribution in [0.1, 0.15) is 29.1 Å². The lowest BCUT2D eigenvalue weighted by atomic mass is 9.93. The van der Waals surface area contributed by atoms with Crippen molar-refractivity contribution in [1.29, 1.82) is 0 Å². The molecule has 3 N–H and O–H groups in total. The van der Waals surface area contributed by atoms with Gasteiger partial charge in [-0.05, 0) is 19.1 Å². The summed E-state index contributed by atoms with van der Waals surface area (Å²) in [5.74, 6) is -0.454. The monoisotopic (exact) mass is 387 g/mol. The van der Waals surface area contributed by atoms with E-state index in [2.05, 4.69) is 15.1 Å². The molecule has 28 heavy (non-hydrogen) atoms. The fourth-order valence-corrected chi connectivity index (χ4v) is 3.24. The summed E-state index contributed by atoms with van der Waals surface area (Å²) in [6, 6.07) is 8.36. The van der Waals surface area contributed by atoms with Crippen molar-refractivity contribution in [3.8, 4) is 0 Å². The number of nitrogen functional groups attached to an aromatic ring is 1. The predicted molar refractivity (Wildman–Crippen MR) is 95.1 cm³/mol. The number of aliphatic hydroxyl groups is 1. The van der Waals surface area contributed by atoms with Crippen LogP contribution in [0.25, 0.3) is 5.65 Å². The Balaban J connectivity index is 1.54. The van der Waals surface area contributed by atoms with Crippen LogP contribution in [0.2, 0.25) is 0 Å². The van der Waals surface area contributed by atoms with E-state index in [1.807, 2.05) is 0 Å². The van der Waals surface area contributed by atoms with Crippen molar-refractivity contribution in [1.82, 2.24) is 19.6 Å². The number of halogens is 1. The molecule has 1 fully saturated rings. The van der Waals surface area contributed by atoms with Crippen molar-refractivity contribution in [2.45, 2.75) is 30.9 Å². The highest BCUT2D eigenvalue weighted by Gasteiger charge is 2.56. The quantitative estimate of drug-likeness (QED) is 0.638. The normalized spacial score (nSPS) is 27.2. The van der Waals surface area contributed by atoms with Crippen molar-refractivity contribution in [2.75, 3.05) is 12.3 Å². The molecule has 0 bridgehead atoms. The van der Waals surface area contributed by atoms with Gasteiger partial charge >= 0.3 is 5.97 Å². The molecule has 0 unspecified atom stereocenters. The maximum atomic E-state index is 15.3. The minimum Gasteiger partial charge on any atom is -0.459 e. The molecule has 0 spiro atoms. The van der Waals surface area contributed by atoms with Crippen LogP contribution < -0.4 is 5.73 Å². The van der Waals surface area contributed by atoms with Crippen LogP contribution in [0.4, 0.5) is 10.2 Å². The molecule has 1 saturated heterocycles. The zero-order chi connectivity index (χ0) is 19.9. The maximum Gasteiger partial charge on any atom is 0.338 e. The molecule has 1 aliphatic heterocycles. The van der Waals surface area contributed by atoms with E-state index in [0.717, 1.165) is 0 Å². The molecule has 1 aromatic carbocycles. The predicted octanol–water partition coefficient (Wildman–Crippen LogP) is 1.09. The minimum absolute atomic E-state index is 0.133. The lowest BCUT2D eigenvalue weighted by Gasteiger charge is -2.23. The van der Waals surface area contributed by atoms with Gasteiger partial charge in [-0.2, -0.15) is 5.10 Å². The first kappa shape index (κ1) is 18.3. The number of hydrogen-bond acceptors (Lipinski definition) is 8. The van der Waals surface area contributed by atoms with Crippen LogP contribution >= 0.6 is 0 Å². The Bertz CT molecular complexity index is 1010. The van der Waals surface area contributed by atoms with Crippen LogP contribution in [0.3, 0.4) is 0 Å². The molecular formula is C18H18FN5O4. The average Bonchev–Trinajstić information content (AvgIpc) is 3.21. The Kier molecular flexibility index (Phi) is 4.44. The first-order valence-electron chi connectivity index (χ1n) is 8.58. The number of fused-ring (bicyclic) bond motifs is 1. The van der Waals surface area contributed by atoms with Crippen molar-refractivity contribution >= 4 is 17.4 Å². The van der Waals surface area contributed by atoms with Gasteiger partial charge in [-0.3, -0.25) is 0 Å². The first-order chi connectivity index (χ1) is 13.4. The fourth-order valence-electron chi connectivity index (χ4n) is 3.24. The van der Waals surface area contributed by atoms with Crippen molar-refractivity contribution in [3.05, 3.63) is 54.1 Å². The summed E-state index contributed by atoms with van der Waals surface area (Å²) >= 11 is 0. The summed E-state index contributed by atoms with van der Waals surface area (Å²) in [4.78, 5) is 20.0. The zero-order valence-electron chi connectivity index (χ0n) is 14.9. The summed E-state index contributed by atoms with van der Waals surface area (Å²) in [5.41, 5.74) is 4.46. The summed E-state index contributed by atoms with van der Waals surface area (Å²) in [6.07, 6.45) is -1.18. The molecule has 0 radical (unpaired) electrons. The van der Waals surface area contributed by atoms with E-state index in [1.54, 1.807) is 30.3 Å². The molecular weight excluding hydrogens is 369 g/mol. The summed E-state index contributed by atoms with van der Waals surface area (Å²) < 4.78 is 27.5. The van der Waals surface area contributed by atoms with Crippen LogP contribution in [-0.2, 0) is 9.47 Å². The molecule has 4 rings (SSSR count). The summed E-state index contributed by atoms with van der Waals surface area (Å²) in [5, 5.41) is 14.4. The largest absolute Gasteiger partial charge is 0.459 e. The second-order valence-corrected chi connectivity index (χ2v) is 6.68. The maximum absolute atomic E-state index is 15.3.